The first-order valence-corrected chi connectivity index (χ1v) is 3.83. The van der Waals surface area contributed by atoms with Crippen molar-refractivity contribution >= 4 is 20.7 Å². The quantitative estimate of drug-likeness (QED) is 0.703. The minimum atomic E-state index is -1.08. The van der Waals surface area contributed by atoms with E-state index in [0.29, 0.717) is 0 Å². The maximum atomic E-state index is 10.9. The molecule has 1 atom stereocenters. The maximum absolute atomic E-state index is 10.9. The molecular weight excluding hydrogens is 175 g/mol. The van der Waals surface area contributed by atoms with Crippen LogP contribution in [0.25, 0.3) is 0 Å². The lowest BCUT2D eigenvalue weighted by Crippen LogP contribution is -2.03. The van der Waals surface area contributed by atoms with E-state index in [2.05, 4.69) is 0 Å². The summed E-state index contributed by atoms with van der Waals surface area (Å²) < 4.78 is 0. The van der Waals surface area contributed by atoms with E-state index in [1.807, 2.05) is 9.24 Å². The van der Waals surface area contributed by atoms with E-state index in [1.54, 1.807) is 12.1 Å². The third kappa shape index (κ3) is 1.69. The van der Waals surface area contributed by atoms with Crippen molar-refractivity contribution < 1.29 is 14.7 Å². The molecule has 0 fully saturated rings. The van der Waals surface area contributed by atoms with Gasteiger partial charge in [0.15, 0.2) is 5.52 Å². The number of rotatable bonds is 2. The van der Waals surface area contributed by atoms with Gasteiger partial charge in [0.25, 0.3) is 0 Å². The van der Waals surface area contributed by atoms with Crippen molar-refractivity contribution in [3.8, 4) is 0 Å². The third-order valence-electron chi connectivity index (χ3n) is 1.42. The van der Waals surface area contributed by atoms with Crippen LogP contribution in [0.15, 0.2) is 24.3 Å². The number of hydrogen-bond donors (Lipinski definition) is 1. The van der Waals surface area contributed by atoms with Gasteiger partial charge < -0.3 is 5.11 Å². The summed E-state index contributed by atoms with van der Waals surface area (Å²) in [7, 11) is 1.95. The second kappa shape index (κ2) is 3.46. The molecule has 62 valence electrons. The average molecular weight is 182 g/mol. The second-order valence-electron chi connectivity index (χ2n) is 2.21. The van der Waals surface area contributed by atoms with Gasteiger partial charge in [0, 0.05) is 5.56 Å². The molecule has 1 aromatic carbocycles. The predicted octanol–water partition coefficient (Wildman–Crippen LogP) is 1.40. The van der Waals surface area contributed by atoms with Gasteiger partial charge in [-0.15, -0.1) is 0 Å². The number of carboxylic acid groups (broad SMARTS) is 1. The Labute approximate surface area is 71.6 Å². The van der Waals surface area contributed by atoms with E-state index in [1.165, 1.54) is 12.1 Å². The van der Waals surface area contributed by atoms with Crippen LogP contribution in [0.1, 0.15) is 20.7 Å². The van der Waals surface area contributed by atoms with Crippen molar-refractivity contribution in [2.45, 2.75) is 0 Å². The van der Waals surface area contributed by atoms with Crippen molar-refractivity contribution in [3.63, 3.8) is 0 Å². The molecular formula is C8H7O3P. The average Bonchev–Trinajstić information content (AvgIpc) is 2.04. The van der Waals surface area contributed by atoms with E-state index in [4.69, 9.17) is 5.11 Å². The van der Waals surface area contributed by atoms with Gasteiger partial charge in [-0.05, 0) is 6.07 Å². The SMILES string of the molecule is O=C(O)c1ccccc1C(=O)P. The van der Waals surface area contributed by atoms with Crippen molar-refractivity contribution in [1.82, 2.24) is 0 Å². The van der Waals surface area contributed by atoms with Crippen molar-refractivity contribution in [1.29, 1.82) is 0 Å². The van der Waals surface area contributed by atoms with Gasteiger partial charge in [-0.1, -0.05) is 27.4 Å². The van der Waals surface area contributed by atoms with Crippen molar-refractivity contribution in [2.75, 3.05) is 0 Å². The molecule has 1 aromatic rings. The summed E-state index contributed by atoms with van der Waals surface area (Å²) in [6.07, 6.45) is 0. The standard InChI is InChI=1S/C8H7O3P/c9-7(10)5-3-1-2-4-6(5)8(11)12/h1-4H,12H2,(H,9,10). The molecule has 0 aliphatic carbocycles. The monoisotopic (exact) mass is 182 g/mol. The summed E-state index contributed by atoms with van der Waals surface area (Å²) >= 11 is 0. The van der Waals surface area contributed by atoms with Gasteiger partial charge in [-0.2, -0.15) is 0 Å². The Morgan fingerprint density at radius 2 is 1.67 bits per heavy atom. The molecule has 1 rings (SSSR count). The first kappa shape index (κ1) is 8.88. The molecule has 12 heavy (non-hydrogen) atoms. The highest BCUT2D eigenvalue weighted by atomic mass is 31.0. The minimum Gasteiger partial charge on any atom is -0.478 e. The van der Waals surface area contributed by atoms with Crippen LogP contribution in [-0.4, -0.2) is 16.6 Å². The highest BCUT2D eigenvalue weighted by Gasteiger charge is 2.11. The Hall–Kier alpha value is -1.21. The largest absolute Gasteiger partial charge is 0.478 e. The lowest BCUT2D eigenvalue weighted by Gasteiger charge is -1.99. The number of carboxylic acids is 1. The fourth-order valence-corrected chi connectivity index (χ4v) is 1.14. The summed E-state index contributed by atoms with van der Waals surface area (Å²) in [6.45, 7) is 0. The van der Waals surface area contributed by atoms with Crippen molar-refractivity contribution in [2.24, 2.45) is 0 Å². The predicted molar refractivity (Wildman–Crippen MR) is 47.4 cm³/mol. The van der Waals surface area contributed by atoms with Gasteiger partial charge in [0.05, 0.1) is 5.56 Å². The molecule has 0 saturated heterocycles. The fraction of sp³-hybridized carbons (Fsp3) is 0. The Morgan fingerprint density at radius 1 is 1.17 bits per heavy atom. The van der Waals surface area contributed by atoms with Crippen LogP contribution in [0.5, 0.6) is 0 Å². The zero-order chi connectivity index (χ0) is 9.14. The lowest BCUT2D eigenvalue weighted by atomic mass is 10.1. The Balaban J connectivity index is 3.27. The molecule has 3 nitrogen and oxygen atoms in total. The molecule has 0 spiro atoms. The van der Waals surface area contributed by atoms with Crippen LogP contribution < -0.4 is 0 Å². The molecule has 0 heterocycles. The zero-order valence-electron chi connectivity index (χ0n) is 6.15. The summed E-state index contributed by atoms with van der Waals surface area (Å²) in [5, 5.41) is 8.65. The van der Waals surface area contributed by atoms with E-state index in [-0.39, 0.29) is 16.7 Å². The number of benzene rings is 1. The van der Waals surface area contributed by atoms with Gasteiger partial charge in [0.2, 0.25) is 0 Å². The maximum Gasteiger partial charge on any atom is 0.336 e. The molecule has 1 N–H and O–H groups in total. The van der Waals surface area contributed by atoms with Gasteiger partial charge in [-0.25, -0.2) is 4.79 Å². The number of hydrogen-bond acceptors (Lipinski definition) is 2. The molecule has 1 unspecified atom stereocenters. The summed E-state index contributed by atoms with van der Waals surface area (Å²) in [5.74, 6) is -1.08. The topological polar surface area (TPSA) is 54.4 Å². The number of aromatic carboxylic acids is 1. The first-order chi connectivity index (χ1) is 5.63. The van der Waals surface area contributed by atoms with Crippen LogP contribution in [0.2, 0.25) is 0 Å². The lowest BCUT2D eigenvalue weighted by molar-refractivity contribution is 0.0693. The van der Waals surface area contributed by atoms with Gasteiger partial charge >= 0.3 is 5.97 Å². The molecule has 0 aromatic heterocycles. The van der Waals surface area contributed by atoms with Crippen molar-refractivity contribution in [3.05, 3.63) is 35.4 Å². The highest BCUT2D eigenvalue weighted by molar-refractivity contribution is 7.41. The van der Waals surface area contributed by atoms with Crippen LogP contribution in [0.4, 0.5) is 0 Å². The first-order valence-electron chi connectivity index (χ1n) is 3.25. The van der Waals surface area contributed by atoms with Crippen LogP contribution in [-0.2, 0) is 0 Å². The third-order valence-corrected chi connectivity index (χ3v) is 1.73. The molecule has 0 saturated carbocycles. The van der Waals surface area contributed by atoms with E-state index >= 15 is 0 Å². The highest BCUT2D eigenvalue weighted by Crippen LogP contribution is 2.12. The molecule has 4 heteroatoms. The smallest absolute Gasteiger partial charge is 0.336 e. The van der Waals surface area contributed by atoms with Crippen LogP contribution >= 0.6 is 9.24 Å². The van der Waals surface area contributed by atoms with E-state index < -0.39 is 5.97 Å². The number of carbonyl (C=O) groups excluding carboxylic acids is 1. The molecule has 0 amide bonds. The Bertz CT molecular complexity index is 300. The number of carbonyl (C=O) groups is 2. The van der Waals surface area contributed by atoms with E-state index in [9.17, 15) is 9.59 Å². The summed E-state index contributed by atoms with van der Waals surface area (Å²) in [4.78, 5) is 21.4. The zero-order valence-corrected chi connectivity index (χ0v) is 7.31. The minimum absolute atomic E-state index is 0.0394. The molecule has 0 radical (unpaired) electrons. The Kier molecular flexibility index (Phi) is 2.56. The van der Waals surface area contributed by atoms with Gasteiger partial charge in [0.1, 0.15) is 0 Å². The summed E-state index contributed by atoms with van der Waals surface area (Å²) in [5.41, 5.74) is -0.0551. The Morgan fingerprint density at radius 3 is 2.00 bits per heavy atom. The van der Waals surface area contributed by atoms with E-state index in [0.717, 1.165) is 0 Å². The molecule has 0 aliphatic rings. The van der Waals surface area contributed by atoms with Gasteiger partial charge in [-0.3, -0.25) is 4.79 Å². The normalized spacial score (nSPS) is 9.42. The fourth-order valence-electron chi connectivity index (χ4n) is 0.884. The molecule has 0 bridgehead atoms. The summed E-state index contributed by atoms with van der Waals surface area (Å²) in [6, 6.07) is 6.10. The second-order valence-corrected chi connectivity index (χ2v) is 2.74. The van der Waals surface area contributed by atoms with Crippen LogP contribution in [0.3, 0.4) is 0 Å². The van der Waals surface area contributed by atoms with Crippen LogP contribution in [0, 0.1) is 0 Å². The molecule has 0 aliphatic heterocycles.